The van der Waals surface area contributed by atoms with E-state index in [1.807, 2.05) is 54.6 Å². The Morgan fingerprint density at radius 3 is 1.92 bits per heavy atom. The summed E-state index contributed by atoms with van der Waals surface area (Å²) in [5, 5.41) is 19.4. The van der Waals surface area contributed by atoms with Gasteiger partial charge < -0.3 is 14.6 Å². The monoisotopic (exact) mass is 706 g/mol. The molecule has 0 aliphatic carbocycles. The maximum absolute atomic E-state index is 14.3. The fraction of sp³-hybridized carbons (Fsp3) is 0.350. The van der Waals surface area contributed by atoms with Gasteiger partial charge in [0.2, 0.25) is 5.91 Å². The van der Waals surface area contributed by atoms with Gasteiger partial charge in [-0.2, -0.15) is 0 Å². The first-order chi connectivity index (χ1) is 25.0. The molecular weight excluding hydrogens is 661 g/mol. The van der Waals surface area contributed by atoms with Crippen LogP contribution in [0.3, 0.4) is 0 Å². The zero-order chi connectivity index (χ0) is 36.8. The number of nitrogens with one attached hydrogen (secondary N) is 2. The van der Waals surface area contributed by atoms with Crippen LogP contribution in [0.4, 0.5) is 8.78 Å². The van der Waals surface area contributed by atoms with Crippen molar-refractivity contribution in [1.82, 2.24) is 30.8 Å². The smallest absolute Gasteiger partial charge is 0.403 e. The number of hydrogen-bond acceptors (Lipinski definition) is 7. The van der Waals surface area contributed by atoms with Crippen molar-refractivity contribution in [2.45, 2.75) is 89.1 Å². The predicted molar refractivity (Wildman–Crippen MR) is 196 cm³/mol. The van der Waals surface area contributed by atoms with E-state index in [0.717, 1.165) is 41.7 Å². The van der Waals surface area contributed by atoms with E-state index in [1.165, 1.54) is 10.7 Å². The number of unbranched alkanes of at least 4 members (excludes halogenated alkanes) is 1. The summed E-state index contributed by atoms with van der Waals surface area (Å²) < 4.78 is 41.8. The lowest BCUT2D eigenvalue weighted by Crippen LogP contribution is -2.47. The van der Waals surface area contributed by atoms with E-state index < -0.39 is 40.3 Å². The summed E-state index contributed by atoms with van der Waals surface area (Å²) >= 11 is 0. The molecule has 0 saturated carbocycles. The number of carbonyl (C=O) groups excluding carboxylic acids is 1. The van der Waals surface area contributed by atoms with Crippen LogP contribution >= 0.6 is 0 Å². The fourth-order valence-electron chi connectivity index (χ4n) is 6.71. The highest BCUT2D eigenvalue weighted by Gasteiger charge is 2.50. The van der Waals surface area contributed by atoms with Crippen LogP contribution in [-0.2, 0) is 32.7 Å². The van der Waals surface area contributed by atoms with E-state index >= 15 is 0 Å². The Morgan fingerprint density at radius 1 is 0.827 bits per heavy atom. The normalized spacial score (nSPS) is 15.8. The van der Waals surface area contributed by atoms with E-state index in [2.05, 4.69) is 90.3 Å². The number of aromatic nitrogens is 4. The first-order valence-electron chi connectivity index (χ1n) is 17.7. The molecule has 52 heavy (non-hydrogen) atoms. The zero-order valence-corrected chi connectivity index (χ0v) is 30.1. The molecule has 1 amide bonds. The number of amides is 1. The van der Waals surface area contributed by atoms with Crippen molar-refractivity contribution in [3.8, 4) is 0 Å². The molecule has 2 N–H and O–H groups in total. The van der Waals surface area contributed by atoms with Crippen LogP contribution in [0, 0.1) is 11.6 Å². The fourth-order valence-corrected chi connectivity index (χ4v) is 6.71. The first kappa shape index (κ1) is 37.0. The van der Waals surface area contributed by atoms with Crippen molar-refractivity contribution >= 4 is 13.0 Å². The van der Waals surface area contributed by atoms with E-state index in [4.69, 9.17) is 9.31 Å². The minimum absolute atomic E-state index is 0.109. The van der Waals surface area contributed by atoms with Crippen molar-refractivity contribution in [1.29, 1.82) is 0 Å². The average molecular weight is 707 g/mol. The van der Waals surface area contributed by atoms with E-state index in [0.29, 0.717) is 18.6 Å². The minimum Gasteiger partial charge on any atom is -0.403 e. The third-order valence-electron chi connectivity index (χ3n) is 10.2. The molecule has 1 unspecified atom stereocenters. The number of nitrogens with zero attached hydrogens (tertiary/aromatic N) is 4. The highest BCUT2D eigenvalue weighted by molar-refractivity contribution is 6.45. The second-order valence-corrected chi connectivity index (χ2v) is 14.2. The van der Waals surface area contributed by atoms with Crippen LogP contribution in [0.2, 0.25) is 6.32 Å². The molecule has 9 nitrogen and oxygen atoms in total. The number of tetrazole rings is 1. The summed E-state index contributed by atoms with van der Waals surface area (Å²) in [7, 11) is -0.312. The molecule has 6 rings (SSSR count). The predicted octanol–water partition coefficient (Wildman–Crippen LogP) is 7.15. The van der Waals surface area contributed by atoms with Gasteiger partial charge in [0.15, 0.2) is 5.82 Å². The molecule has 1 fully saturated rings. The topological polar surface area (TPSA) is 103 Å². The number of benzene rings is 4. The zero-order valence-electron chi connectivity index (χ0n) is 30.1. The maximum Gasteiger partial charge on any atom is 0.457 e. The van der Waals surface area contributed by atoms with Gasteiger partial charge in [0.25, 0.3) is 0 Å². The van der Waals surface area contributed by atoms with Gasteiger partial charge >= 0.3 is 7.12 Å². The Labute approximate surface area is 304 Å². The molecule has 0 bridgehead atoms. The molecule has 12 heteroatoms. The molecule has 2 heterocycles. The Balaban J connectivity index is 1.31. The summed E-state index contributed by atoms with van der Waals surface area (Å²) in [4.78, 5) is 13.2. The van der Waals surface area contributed by atoms with Gasteiger partial charge in [-0.3, -0.25) is 10.1 Å². The van der Waals surface area contributed by atoms with Gasteiger partial charge in [-0.05, 0) is 73.6 Å². The average Bonchev–Trinajstić information content (AvgIpc) is 3.67. The molecule has 1 aliphatic rings. The van der Waals surface area contributed by atoms with Gasteiger partial charge in [-0.25, -0.2) is 13.5 Å². The molecule has 0 radical (unpaired) electrons. The molecule has 1 atom stereocenters. The van der Waals surface area contributed by atoms with Crippen LogP contribution in [0.1, 0.15) is 81.1 Å². The second-order valence-electron chi connectivity index (χ2n) is 14.2. The Kier molecular flexibility index (Phi) is 11.3. The van der Waals surface area contributed by atoms with Crippen LogP contribution in [0.25, 0.3) is 0 Å². The molecular formula is C40H45BF2N6O3. The largest absolute Gasteiger partial charge is 0.457 e. The van der Waals surface area contributed by atoms with Crippen molar-refractivity contribution in [3.05, 3.63) is 149 Å². The van der Waals surface area contributed by atoms with E-state index in [-0.39, 0.29) is 25.8 Å². The quantitative estimate of drug-likeness (QED) is 0.0677. The number of hydrogen-bond donors (Lipinski definition) is 2. The lowest BCUT2D eigenvalue weighted by Gasteiger charge is -2.40. The molecule has 270 valence electrons. The molecule has 1 aromatic heterocycles. The third kappa shape index (κ3) is 8.14. The molecule has 0 spiro atoms. The van der Waals surface area contributed by atoms with Gasteiger partial charge in [-0.1, -0.05) is 110 Å². The van der Waals surface area contributed by atoms with Gasteiger partial charge in [0.1, 0.15) is 18.2 Å². The highest BCUT2D eigenvalue weighted by atomic mass is 19.1. The highest BCUT2D eigenvalue weighted by Crippen LogP contribution is 2.41. The van der Waals surface area contributed by atoms with Crippen LogP contribution in [0.5, 0.6) is 0 Å². The minimum atomic E-state index is -0.834. The molecule has 1 aliphatic heterocycles. The van der Waals surface area contributed by atoms with Gasteiger partial charge in [-0.15, -0.1) is 5.10 Å². The van der Waals surface area contributed by atoms with E-state index in [1.54, 1.807) is 0 Å². The van der Waals surface area contributed by atoms with Gasteiger partial charge in [0.05, 0.1) is 22.8 Å². The van der Waals surface area contributed by atoms with Crippen LogP contribution in [0.15, 0.2) is 109 Å². The van der Waals surface area contributed by atoms with Gasteiger partial charge in [0, 0.05) is 18.2 Å². The Bertz CT molecular complexity index is 1820. The third-order valence-corrected chi connectivity index (χ3v) is 10.2. The summed E-state index contributed by atoms with van der Waals surface area (Å²) in [6, 6.07) is 33.6. The number of halogens is 2. The first-order valence-corrected chi connectivity index (χ1v) is 17.7. The summed E-state index contributed by atoms with van der Waals surface area (Å²) in [5.41, 5.74) is 1.58. The summed E-state index contributed by atoms with van der Waals surface area (Å²) in [6.45, 7) is 7.89. The lowest BCUT2D eigenvalue weighted by molar-refractivity contribution is -0.122. The number of rotatable bonds is 15. The van der Waals surface area contributed by atoms with Crippen molar-refractivity contribution < 1.29 is 22.9 Å². The Morgan fingerprint density at radius 2 is 1.38 bits per heavy atom. The summed E-state index contributed by atoms with van der Waals surface area (Å²) in [5.74, 6) is -1.35. The van der Waals surface area contributed by atoms with Crippen molar-refractivity contribution in [2.75, 3.05) is 0 Å². The molecule has 4 aromatic carbocycles. The maximum atomic E-state index is 14.3. The standard InChI is InChI=1S/C40H45BF2N6O3/c1-38(2)39(3,4)52-41(51-38)25-15-14-22-35(37-46-47-48-49(37)28-36(50)44-27-29-23-24-33(42)26-34(29)43)45-40(30-16-8-5-9-17-30,31-18-10-6-11-19-31)32-20-12-7-13-21-32/h5-13,16-21,23-24,26,35,45H,14-15,22,25,27-28H2,1-4H3,(H,44,50). The van der Waals surface area contributed by atoms with Crippen molar-refractivity contribution in [3.63, 3.8) is 0 Å². The van der Waals surface area contributed by atoms with Crippen molar-refractivity contribution in [2.24, 2.45) is 0 Å². The van der Waals surface area contributed by atoms with E-state index in [9.17, 15) is 13.6 Å². The van der Waals surface area contributed by atoms with Crippen LogP contribution in [-0.4, -0.2) is 44.4 Å². The molecule has 5 aromatic rings. The summed E-state index contributed by atoms with van der Waals surface area (Å²) in [6.07, 6.45) is 2.93. The number of carbonyl (C=O) groups is 1. The SMILES string of the molecule is CC1(C)OB(CCCCC(NC(c2ccccc2)(c2ccccc2)c2ccccc2)c2nnnn2CC(=O)NCc2ccc(F)cc2F)OC1(C)C. The Hall–Kier alpha value is -4.78. The second kappa shape index (κ2) is 15.9. The van der Waals surface area contributed by atoms with Crippen LogP contribution < -0.4 is 10.6 Å². The molecule has 1 saturated heterocycles. The lowest BCUT2D eigenvalue weighted by atomic mass is 9.76.